The molecule has 0 amide bonds. The molecule has 0 bridgehead atoms. The molecular formula is C26H33N3O2S. The van der Waals surface area contributed by atoms with Gasteiger partial charge in [0.1, 0.15) is 16.5 Å². The summed E-state index contributed by atoms with van der Waals surface area (Å²) in [4.78, 5) is 12.8. The summed E-state index contributed by atoms with van der Waals surface area (Å²) in [5, 5.41) is 5.18. The lowest BCUT2D eigenvalue weighted by molar-refractivity contribution is 0.253. The van der Waals surface area contributed by atoms with Crippen molar-refractivity contribution in [3.05, 3.63) is 40.0 Å². The third-order valence-electron chi connectivity index (χ3n) is 7.45. The number of ether oxygens (including phenoxy) is 2. The van der Waals surface area contributed by atoms with Gasteiger partial charge in [-0.05, 0) is 60.8 Å². The van der Waals surface area contributed by atoms with Crippen LogP contribution in [0, 0.1) is 11.8 Å². The van der Waals surface area contributed by atoms with Crippen molar-refractivity contribution in [2.45, 2.75) is 64.8 Å². The molecule has 32 heavy (non-hydrogen) atoms. The fourth-order valence-electron chi connectivity index (χ4n) is 5.36. The number of aromatic nitrogens is 2. The predicted octanol–water partition coefficient (Wildman–Crippen LogP) is 6.02. The third kappa shape index (κ3) is 3.94. The van der Waals surface area contributed by atoms with Crippen molar-refractivity contribution in [1.29, 1.82) is 0 Å². The van der Waals surface area contributed by atoms with Gasteiger partial charge in [0.25, 0.3) is 0 Å². The topological polar surface area (TPSA) is 56.3 Å². The molecule has 0 spiro atoms. The zero-order chi connectivity index (χ0) is 22.2. The lowest BCUT2D eigenvalue weighted by atomic mass is 9.78. The van der Waals surface area contributed by atoms with Crippen LogP contribution in [0.25, 0.3) is 10.2 Å². The first kappa shape index (κ1) is 21.5. The predicted molar refractivity (Wildman–Crippen MR) is 131 cm³/mol. The van der Waals surface area contributed by atoms with Crippen molar-refractivity contribution in [2.75, 3.05) is 19.5 Å². The van der Waals surface area contributed by atoms with Crippen molar-refractivity contribution in [1.82, 2.24) is 9.97 Å². The number of benzene rings is 1. The first-order valence-corrected chi connectivity index (χ1v) is 12.7. The van der Waals surface area contributed by atoms with Gasteiger partial charge in [0, 0.05) is 17.3 Å². The SMILES string of the molecule is COc1ccc(Cc2nc(N[C@@H]3CCC[C@@H](C)[C@H]3C)c3c4c(sc3n2)CCC4)cc1OC. The molecule has 3 aromatic rings. The minimum atomic E-state index is 0.475. The Hall–Kier alpha value is -2.34. The number of nitrogens with zero attached hydrogens (tertiary/aromatic N) is 2. The molecule has 1 fully saturated rings. The quantitative estimate of drug-likeness (QED) is 0.496. The van der Waals surface area contributed by atoms with Crippen LogP contribution in [-0.2, 0) is 19.3 Å². The van der Waals surface area contributed by atoms with Gasteiger partial charge in [-0.2, -0.15) is 0 Å². The van der Waals surface area contributed by atoms with E-state index in [1.165, 1.54) is 47.9 Å². The molecule has 1 N–H and O–H groups in total. The maximum absolute atomic E-state index is 5.50. The highest BCUT2D eigenvalue weighted by Crippen LogP contribution is 2.41. The summed E-state index contributed by atoms with van der Waals surface area (Å²) < 4.78 is 10.9. The highest BCUT2D eigenvalue weighted by molar-refractivity contribution is 7.19. The van der Waals surface area contributed by atoms with E-state index in [1.54, 1.807) is 14.2 Å². The van der Waals surface area contributed by atoms with Gasteiger partial charge in [-0.1, -0.05) is 32.8 Å². The Balaban J connectivity index is 1.52. The number of hydrogen-bond acceptors (Lipinski definition) is 6. The van der Waals surface area contributed by atoms with Gasteiger partial charge in [0.2, 0.25) is 0 Å². The second kappa shape index (κ2) is 8.89. The minimum absolute atomic E-state index is 0.475. The van der Waals surface area contributed by atoms with E-state index in [1.807, 2.05) is 23.5 Å². The normalized spacial score (nSPS) is 22.7. The van der Waals surface area contributed by atoms with E-state index in [4.69, 9.17) is 19.4 Å². The maximum Gasteiger partial charge on any atom is 0.161 e. The Labute approximate surface area is 194 Å². The fourth-order valence-corrected chi connectivity index (χ4v) is 6.64. The summed E-state index contributed by atoms with van der Waals surface area (Å²) in [5.41, 5.74) is 2.61. The van der Waals surface area contributed by atoms with E-state index in [0.29, 0.717) is 18.4 Å². The van der Waals surface area contributed by atoms with Crippen molar-refractivity contribution < 1.29 is 9.47 Å². The number of fused-ring (bicyclic) bond motifs is 3. The van der Waals surface area contributed by atoms with Crippen molar-refractivity contribution >= 4 is 27.4 Å². The molecule has 170 valence electrons. The Morgan fingerprint density at radius 1 is 1.03 bits per heavy atom. The summed E-state index contributed by atoms with van der Waals surface area (Å²) in [6.45, 7) is 4.78. The second-order valence-electron chi connectivity index (χ2n) is 9.41. The lowest BCUT2D eigenvalue weighted by Gasteiger charge is -2.35. The van der Waals surface area contributed by atoms with Crippen LogP contribution >= 0.6 is 11.3 Å². The van der Waals surface area contributed by atoms with Crippen LogP contribution in [0.2, 0.25) is 0 Å². The van der Waals surface area contributed by atoms with Crippen LogP contribution in [0.4, 0.5) is 5.82 Å². The van der Waals surface area contributed by atoms with Crippen LogP contribution in [-0.4, -0.2) is 30.2 Å². The van der Waals surface area contributed by atoms with Gasteiger partial charge in [0.15, 0.2) is 11.5 Å². The first-order valence-electron chi connectivity index (χ1n) is 11.9. The molecule has 0 saturated heterocycles. The molecule has 1 saturated carbocycles. The summed E-state index contributed by atoms with van der Waals surface area (Å²) in [6, 6.07) is 6.53. The number of nitrogens with one attached hydrogen (secondary N) is 1. The number of anilines is 1. The molecule has 6 heteroatoms. The van der Waals surface area contributed by atoms with Crippen LogP contribution < -0.4 is 14.8 Å². The molecule has 3 atom stereocenters. The van der Waals surface area contributed by atoms with Gasteiger partial charge in [-0.15, -0.1) is 11.3 Å². The molecule has 2 aromatic heterocycles. The smallest absolute Gasteiger partial charge is 0.161 e. The van der Waals surface area contributed by atoms with Gasteiger partial charge in [-0.3, -0.25) is 0 Å². The van der Waals surface area contributed by atoms with Gasteiger partial charge < -0.3 is 14.8 Å². The average molecular weight is 452 g/mol. The van der Waals surface area contributed by atoms with Crippen molar-refractivity contribution in [3.63, 3.8) is 0 Å². The highest BCUT2D eigenvalue weighted by atomic mass is 32.1. The molecule has 2 aliphatic carbocycles. The Bertz CT molecular complexity index is 1130. The summed E-state index contributed by atoms with van der Waals surface area (Å²) in [5.74, 6) is 4.79. The number of thiophene rings is 1. The Morgan fingerprint density at radius 3 is 2.69 bits per heavy atom. The van der Waals surface area contributed by atoms with E-state index in [-0.39, 0.29) is 0 Å². The molecule has 2 aliphatic rings. The van der Waals surface area contributed by atoms with Crippen molar-refractivity contribution in [3.8, 4) is 11.5 Å². The first-order chi connectivity index (χ1) is 15.6. The third-order valence-corrected chi connectivity index (χ3v) is 8.64. The second-order valence-corrected chi connectivity index (χ2v) is 10.5. The monoisotopic (exact) mass is 451 g/mol. The zero-order valence-electron chi connectivity index (χ0n) is 19.5. The fraction of sp³-hybridized carbons (Fsp3) is 0.538. The highest BCUT2D eigenvalue weighted by Gasteiger charge is 2.29. The van der Waals surface area contributed by atoms with E-state index >= 15 is 0 Å². The summed E-state index contributed by atoms with van der Waals surface area (Å²) >= 11 is 1.87. The number of methoxy groups -OCH3 is 2. The number of rotatable bonds is 6. The van der Waals surface area contributed by atoms with E-state index in [2.05, 4.69) is 25.2 Å². The number of aryl methyl sites for hydroxylation is 2. The zero-order valence-corrected chi connectivity index (χ0v) is 20.3. The summed E-state index contributed by atoms with van der Waals surface area (Å²) in [7, 11) is 3.33. The lowest BCUT2D eigenvalue weighted by Crippen LogP contribution is -2.35. The molecular weight excluding hydrogens is 418 g/mol. The Kier molecular flexibility index (Phi) is 5.97. The standard InChI is InChI=1S/C26H33N3O2S/c1-15-7-5-9-19(16(15)2)27-25-24-18-8-6-10-22(18)32-26(24)29-23(28-25)14-17-11-12-20(30-3)21(13-17)31-4/h11-13,15-16,19H,5-10,14H2,1-4H3,(H,27,28,29)/t15-,16-,19-/m1/s1. The van der Waals surface area contributed by atoms with Crippen molar-refractivity contribution in [2.24, 2.45) is 11.8 Å². The van der Waals surface area contributed by atoms with E-state index in [0.717, 1.165) is 45.9 Å². The van der Waals surface area contributed by atoms with Gasteiger partial charge in [0.05, 0.1) is 19.6 Å². The number of hydrogen-bond donors (Lipinski definition) is 1. The summed E-state index contributed by atoms with van der Waals surface area (Å²) in [6.07, 6.45) is 8.09. The van der Waals surface area contributed by atoms with E-state index < -0.39 is 0 Å². The van der Waals surface area contributed by atoms with E-state index in [9.17, 15) is 0 Å². The molecule has 0 unspecified atom stereocenters. The maximum atomic E-state index is 5.50. The molecule has 1 aromatic carbocycles. The minimum Gasteiger partial charge on any atom is -0.493 e. The van der Waals surface area contributed by atoms with Gasteiger partial charge >= 0.3 is 0 Å². The average Bonchev–Trinajstić information content (AvgIpc) is 3.38. The van der Waals surface area contributed by atoms with Crippen LogP contribution in [0.1, 0.15) is 61.4 Å². The Morgan fingerprint density at radius 2 is 1.88 bits per heavy atom. The van der Waals surface area contributed by atoms with Crippen LogP contribution in [0.3, 0.4) is 0 Å². The molecule has 2 heterocycles. The molecule has 0 radical (unpaired) electrons. The van der Waals surface area contributed by atoms with Crippen LogP contribution in [0.5, 0.6) is 11.5 Å². The van der Waals surface area contributed by atoms with Gasteiger partial charge in [-0.25, -0.2) is 9.97 Å². The molecule has 5 nitrogen and oxygen atoms in total. The van der Waals surface area contributed by atoms with Crippen LogP contribution in [0.15, 0.2) is 18.2 Å². The molecule has 5 rings (SSSR count). The largest absolute Gasteiger partial charge is 0.493 e. The molecule has 0 aliphatic heterocycles.